The molecule has 1 rings (SSSR count). The highest BCUT2D eigenvalue weighted by Crippen LogP contribution is 2.20. The molecular formula is C10H17N4OP. The first-order chi connectivity index (χ1) is 7.49. The van der Waals surface area contributed by atoms with Crippen molar-refractivity contribution in [2.24, 2.45) is 11.7 Å². The largest absolute Gasteiger partial charge is 0.350 e. The number of rotatable bonds is 2. The Bertz CT molecular complexity index is 394. The maximum Gasteiger partial charge on any atom is 0.350 e. The topological polar surface area (TPSA) is 84.4 Å². The SMILES string of the molecule is CC(C)c1cccc(N(N)C(=O)NN)c1P. The van der Waals surface area contributed by atoms with E-state index in [0.717, 1.165) is 15.9 Å². The lowest BCUT2D eigenvalue weighted by molar-refractivity contribution is 0.246. The van der Waals surface area contributed by atoms with Crippen LogP contribution >= 0.6 is 9.24 Å². The van der Waals surface area contributed by atoms with Crippen LogP contribution in [0.2, 0.25) is 0 Å². The highest BCUT2D eigenvalue weighted by Gasteiger charge is 2.15. The van der Waals surface area contributed by atoms with Crippen LogP contribution < -0.4 is 27.4 Å². The molecule has 1 aromatic carbocycles. The van der Waals surface area contributed by atoms with Crippen molar-refractivity contribution in [1.29, 1.82) is 0 Å². The highest BCUT2D eigenvalue weighted by atomic mass is 31.0. The smallest absolute Gasteiger partial charge is 0.274 e. The lowest BCUT2D eigenvalue weighted by atomic mass is 10.0. The third-order valence-corrected chi connectivity index (χ3v) is 2.97. The van der Waals surface area contributed by atoms with Crippen molar-refractivity contribution in [3.8, 4) is 0 Å². The number of benzene rings is 1. The summed E-state index contributed by atoms with van der Waals surface area (Å²) in [7, 11) is 2.60. The van der Waals surface area contributed by atoms with Gasteiger partial charge in [-0.05, 0) is 22.9 Å². The maximum absolute atomic E-state index is 11.3. The Morgan fingerprint density at radius 1 is 1.50 bits per heavy atom. The molecule has 88 valence electrons. The minimum Gasteiger partial charge on any atom is -0.274 e. The number of amides is 2. The molecule has 0 radical (unpaired) electrons. The zero-order chi connectivity index (χ0) is 12.3. The molecule has 16 heavy (non-hydrogen) atoms. The zero-order valence-electron chi connectivity index (χ0n) is 9.40. The van der Waals surface area contributed by atoms with E-state index in [9.17, 15) is 4.79 Å². The maximum atomic E-state index is 11.3. The average Bonchev–Trinajstić information content (AvgIpc) is 2.27. The van der Waals surface area contributed by atoms with Gasteiger partial charge in [0.15, 0.2) is 0 Å². The Hall–Kier alpha value is -1.16. The molecule has 0 aromatic heterocycles. The molecule has 0 aliphatic heterocycles. The molecule has 0 saturated heterocycles. The summed E-state index contributed by atoms with van der Waals surface area (Å²) in [5.74, 6) is 11.0. The number of urea groups is 1. The number of nitrogens with two attached hydrogens (primary N) is 2. The molecule has 0 heterocycles. The summed E-state index contributed by atoms with van der Waals surface area (Å²) in [6, 6.07) is 5.08. The van der Waals surface area contributed by atoms with E-state index in [4.69, 9.17) is 11.7 Å². The summed E-state index contributed by atoms with van der Waals surface area (Å²) in [4.78, 5) is 11.3. The zero-order valence-corrected chi connectivity index (χ0v) is 10.6. The number of hydrogen-bond acceptors (Lipinski definition) is 3. The first-order valence-electron chi connectivity index (χ1n) is 4.92. The van der Waals surface area contributed by atoms with E-state index >= 15 is 0 Å². The van der Waals surface area contributed by atoms with Gasteiger partial charge in [0.05, 0.1) is 5.69 Å². The molecule has 1 aromatic rings. The second-order valence-corrected chi connectivity index (χ2v) is 4.33. The second kappa shape index (κ2) is 5.25. The number of carbonyl (C=O) groups is 1. The minimum atomic E-state index is -0.551. The van der Waals surface area contributed by atoms with Gasteiger partial charge in [0, 0.05) is 0 Å². The van der Waals surface area contributed by atoms with Crippen molar-refractivity contribution < 1.29 is 4.79 Å². The van der Waals surface area contributed by atoms with E-state index in [1.54, 1.807) is 6.07 Å². The van der Waals surface area contributed by atoms with Crippen molar-refractivity contribution >= 4 is 26.3 Å². The Balaban J connectivity index is 3.15. The van der Waals surface area contributed by atoms with E-state index in [2.05, 4.69) is 23.1 Å². The first-order valence-corrected chi connectivity index (χ1v) is 5.50. The van der Waals surface area contributed by atoms with E-state index in [1.165, 1.54) is 0 Å². The van der Waals surface area contributed by atoms with E-state index in [1.807, 2.05) is 17.6 Å². The number of hydrogen-bond donors (Lipinski definition) is 3. The molecule has 0 saturated carbocycles. The van der Waals surface area contributed by atoms with Gasteiger partial charge in [-0.25, -0.2) is 21.5 Å². The Morgan fingerprint density at radius 3 is 2.62 bits per heavy atom. The van der Waals surface area contributed by atoms with Crippen LogP contribution in [0.5, 0.6) is 0 Å². The van der Waals surface area contributed by atoms with Crippen LogP contribution in [0.3, 0.4) is 0 Å². The first kappa shape index (κ1) is 12.9. The van der Waals surface area contributed by atoms with E-state index < -0.39 is 6.03 Å². The number of carbonyl (C=O) groups excluding carboxylic acids is 1. The summed E-state index contributed by atoms with van der Waals surface area (Å²) >= 11 is 0. The standard InChI is InChI=1S/C10H17N4OP/c1-6(2)7-4-3-5-8(9(7)16)14(12)10(15)13-11/h3-6H,11-12,16H2,1-2H3,(H,13,15). The fraction of sp³-hybridized carbons (Fsp3) is 0.300. The third kappa shape index (κ3) is 2.50. The summed E-state index contributed by atoms with van der Waals surface area (Å²) in [6.07, 6.45) is 0. The molecule has 1 unspecified atom stereocenters. The van der Waals surface area contributed by atoms with Gasteiger partial charge >= 0.3 is 6.03 Å². The van der Waals surface area contributed by atoms with Crippen molar-refractivity contribution in [2.45, 2.75) is 19.8 Å². The molecular weight excluding hydrogens is 223 g/mol. The van der Waals surface area contributed by atoms with Gasteiger partial charge in [-0.1, -0.05) is 26.0 Å². The molecule has 0 spiro atoms. The third-order valence-electron chi connectivity index (χ3n) is 2.34. The Kier molecular flexibility index (Phi) is 4.24. The Labute approximate surface area is 97.3 Å². The lowest BCUT2D eigenvalue weighted by Gasteiger charge is -2.20. The molecule has 5 nitrogen and oxygen atoms in total. The number of nitrogens with zero attached hydrogens (tertiary/aromatic N) is 1. The van der Waals surface area contributed by atoms with Crippen LogP contribution in [0.25, 0.3) is 0 Å². The van der Waals surface area contributed by atoms with Gasteiger partial charge in [0.1, 0.15) is 0 Å². The van der Waals surface area contributed by atoms with Crippen LogP contribution in [0.1, 0.15) is 25.3 Å². The second-order valence-electron chi connectivity index (χ2n) is 3.75. The minimum absolute atomic E-state index is 0.363. The molecule has 0 fully saturated rings. The Morgan fingerprint density at radius 2 is 2.12 bits per heavy atom. The molecule has 2 amide bonds. The highest BCUT2D eigenvalue weighted by molar-refractivity contribution is 7.28. The fourth-order valence-corrected chi connectivity index (χ4v) is 2.13. The van der Waals surface area contributed by atoms with Crippen LogP contribution in [0.4, 0.5) is 10.5 Å². The van der Waals surface area contributed by atoms with Gasteiger partial charge in [-0.3, -0.25) is 5.43 Å². The van der Waals surface area contributed by atoms with Gasteiger partial charge in [0.25, 0.3) is 0 Å². The molecule has 6 heteroatoms. The molecule has 1 atom stereocenters. The molecule has 0 aliphatic carbocycles. The quantitative estimate of drug-likeness (QED) is 0.306. The summed E-state index contributed by atoms with van der Waals surface area (Å²) in [5.41, 5.74) is 3.74. The van der Waals surface area contributed by atoms with Crippen LogP contribution in [-0.4, -0.2) is 6.03 Å². The predicted octanol–water partition coefficient (Wildman–Crippen LogP) is 0.574. The molecule has 0 bridgehead atoms. The number of nitrogens with one attached hydrogen (secondary N) is 1. The number of anilines is 1. The van der Waals surface area contributed by atoms with Crippen LogP contribution in [0, 0.1) is 0 Å². The van der Waals surface area contributed by atoms with Gasteiger partial charge < -0.3 is 0 Å². The number of hydrazine groups is 2. The summed E-state index contributed by atoms with van der Waals surface area (Å²) in [6.45, 7) is 4.16. The van der Waals surface area contributed by atoms with Crippen molar-refractivity contribution in [2.75, 3.05) is 5.01 Å². The van der Waals surface area contributed by atoms with Crippen molar-refractivity contribution in [1.82, 2.24) is 5.43 Å². The molecule has 0 aliphatic rings. The predicted molar refractivity (Wildman–Crippen MR) is 69.3 cm³/mol. The normalized spacial score (nSPS) is 10.4. The fourth-order valence-electron chi connectivity index (χ4n) is 1.46. The van der Waals surface area contributed by atoms with Gasteiger partial charge in [-0.2, -0.15) is 0 Å². The van der Waals surface area contributed by atoms with Gasteiger partial charge in [-0.15, -0.1) is 9.24 Å². The van der Waals surface area contributed by atoms with Crippen LogP contribution in [-0.2, 0) is 0 Å². The van der Waals surface area contributed by atoms with Crippen molar-refractivity contribution in [3.05, 3.63) is 23.8 Å². The van der Waals surface area contributed by atoms with E-state index in [-0.39, 0.29) is 0 Å². The lowest BCUT2D eigenvalue weighted by Crippen LogP contribution is -2.49. The molecule has 5 N–H and O–H groups in total. The van der Waals surface area contributed by atoms with Crippen molar-refractivity contribution in [3.63, 3.8) is 0 Å². The van der Waals surface area contributed by atoms with Gasteiger partial charge in [0.2, 0.25) is 0 Å². The van der Waals surface area contributed by atoms with E-state index in [0.29, 0.717) is 11.6 Å². The summed E-state index contributed by atoms with van der Waals surface area (Å²) in [5, 5.41) is 1.90. The van der Waals surface area contributed by atoms with Crippen LogP contribution in [0.15, 0.2) is 18.2 Å². The summed E-state index contributed by atoms with van der Waals surface area (Å²) < 4.78 is 0. The monoisotopic (exact) mass is 240 g/mol. The average molecular weight is 240 g/mol.